The molecule has 2 rings (SSSR count). The van der Waals surface area contributed by atoms with Crippen molar-refractivity contribution in [3.63, 3.8) is 0 Å². The van der Waals surface area contributed by atoms with Gasteiger partial charge in [0.05, 0.1) is 0 Å². The minimum absolute atomic E-state index is 0.0365. The minimum Gasteiger partial charge on any atom is -0.287 e. The fraction of sp³-hybridized carbons (Fsp3) is 0.0769. The van der Waals surface area contributed by atoms with E-state index in [1.807, 2.05) is 31.2 Å². The molecule has 0 atom stereocenters. The zero-order valence-corrected chi connectivity index (χ0v) is 10.4. The number of aryl methyl sites for hydroxylation is 1. The SMILES string of the molecule is Cc1cc(Br)ccc1C(=O)c1ccccn1. The van der Waals surface area contributed by atoms with Gasteiger partial charge in [0.15, 0.2) is 0 Å². The van der Waals surface area contributed by atoms with E-state index in [2.05, 4.69) is 20.9 Å². The van der Waals surface area contributed by atoms with Gasteiger partial charge in [-0.25, -0.2) is 0 Å². The third-order valence-corrected chi connectivity index (χ3v) is 2.82. The molecule has 16 heavy (non-hydrogen) atoms. The molecule has 2 nitrogen and oxygen atoms in total. The maximum absolute atomic E-state index is 12.1. The lowest BCUT2D eigenvalue weighted by Gasteiger charge is -2.04. The molecule has 0 fully saturated rings. The molecule has 1 heterocycles. The molecule has 0 saturated carbocycles. The van der Waals surface area contributed by atoms with Gasteiger partial charge in [0, 0.05) is 16.2 Å². The summed E-state index contributed by atoms with van der Waals surface area (Å²) in [4.78, 5) is 16.2. The molecule has 0 unspecified atom stereocenters. The smallest absolute Gasteiger partial charge is 0.211 e. The number of aromatic nitrogens is 1. The first-order chi connectivity index (χ1) is 7.68. The van der Waals surface area contributed by atoms with Gasteiger partial charge in [-0.3, -0.25) is 9.78 Å². The van der Waals surface area contributed by atoms with Gasteiger partial charge in [0.25, 0.3) is 0 Å². The highest BCUT2D eigenvalue weighted by atomic mass is 79.9. The standard InChI is InChI=1S/C13H10BrNO/c1-9-8-10(14)5-6-11(9)13(16)12-4-2-3-7-15-12/h2-8H,1H3. The van der Waals surface area contributed by atoms with Crippen LogP contribution in [0.4, 0.5) is 0 Å². The number of carbonyl (C=O) groups excluding carboxylic acids is 1. The molecule has 0 saturated heterocycles. The molecule has 0 aliphatic heterocycles. The Morgan fingerprint density at radius 1 is 1.25 bits per heavy atom. The summed E-state index contributed by atoms with van der Waals surface area (Å²) in [6.45, 7) is 1.92. The second kappa shape index (κ2) is 4.58. The number of ketones is 1. The van der Waals surface area contributed by atoms with Crippen molar-refractivity contribution in [3.05, 3.63) is 63.9 Å². The largest absolute Gasteiger partial charge is 0.287 e. The van der Waals surface area contributed by atoms with E-state index in [1.54, 1.807) is 18.3 Å². The fourth-order valence-corrected chi connectivity index (χ4v) is 1.99. The molecule has 3 heteroatoms. The van der Waals surface area contributed by atoms with Crippen LogP contribution in [0.3, 0.4) is 0 Å². The van der Waals surface area contributed by atoms with E-state index in [1.165, 1.54) is 0 Å². The first-order valence-electron chi connectivity index (χ1n) is 4.90. The van der Waals surface area contributed by atoms with Crippen LogP contribution in [0.5, 0.6) is 0 Å². The average molecular weight is 276 g/mol. The molecule has 0 amide bonds. The first kappa shape index (κ1) is 11.0. The number of carbonyl (C=O) groups is 1. The second-order valence-corrected chi connectivity index (χ2v) is 4.42. The van der Waals surface area contributed by atoms with E-state index in [0.29, 0.717) is 11.3 Å². The summed E-state index contributed by atoms with van der Waals surface area (Å²) in [5.74, 6) is -0.0365. The van der Waals surface area contributed by atoms with Crippen LogP contribution < -0.4 is 0 Å². The lowest BCUT2D eigenvalue weighted by molar-refractivity contribution is 0.103. The average Bonchev–Trinajstić information content (AvgIpc) is 2.29. The zero-order valence-electron chi connectivity index (χ0n) is 8.77. The summed E-state index contributed by atoms with van der Waals surface area (Å²) in [5.41, 5.74) is 2.12. The van der Waals surface area contributed by atoms with Gasteiger partial charge in [-0.05, 0) is 42.8 Å². The molecule has 0 bridgehead atoms. The molecular formula is C13H10BrNO. The van der Waals surface area contributed by atoms with Gasteiger partial charge >= 0.3 is 0 Å². The number of rotatable bonds is 2. The number of nitrogens with zero attached hydrogens (tertiary/aromatic N) is 1. The summed E-state index contributed by atoms with van der Waals surface area (Å²) >= 11 is 3.37. The maximum Gasteiger partial charge on any atom is 0.211 e. The predicted molar refractivity (Wildman–Crippen MR) is 66.5 cm³/mol. The highest BCUT2D eigenvalue weighted by molar-refractivity contribution is 9.10. The summed E-state index contributed by atoms with van der Waals surface area (Å²) in [6, 6.07) is 10.9. The number of benzene rings is 1. The van der Waals surface area contributed by atoms with Gasteiger partial charge in [0.2, 0.25) is 5.78 Å². The third kappa shape index (κ3) is 2.19. The van der Waals surface area contributed by atoms with E-state index in [0.717, 1.165) is 10.0 Å². The Kier molecular flexibility index (Phi) is 3.15. The highest BCUT2D eigenvalue weighted by Gasteiger charge is 2.12. The van der Waals surface area contributed by atoms with Gasteiger partial charge in [-0.1, -0.05) is 22.0 Å². The van der Waals surface area contributed by atoms with Crippen LogP contribution in [0.1, 0.15) is 21.6 Å². The zero-order chi connectivity index (χ0) is 11.5. The van der Waals surface area contributed by atoms with Gasteiger partial charge in [-0.15, -0.1) is 0 Å². The Balaban J connectivity index is 2.42. The van der Waals surface area contributed by atoms with Crippen molar-refractivity contribution in [1.82, 2.24) is 4.98 Å². The molecular weight excluding hydrogens is 266 g/mol. The van der Waals surface area contributed by atoms with Crippen molar-refractivity contribution in [2.75, 3.05) is 0 Å². The summed E-state index contributed by atoms with van der Waals surface area (Å²) in [7, 11) is 0. The quantitative estimate of drug-likeness (QED) is 0.787. The Bertz CT molecular complexity index is 523. The molecule has 0 aliphatic carbocycles. The Hall–Kier alpha value is -1.48. The van der Waals surface area contributed by atoms with Crippen molar-refractivity contribution in [3.8, 4) is 0 Å². The van der Waals surface area contributed by atoms with E-state index < -0.39 is 0 Å². The number of hydrogen-bond donors (Lipinski definition) is 0. The summed E-state index contributed by atoms with van der Waals surface area (Å²) < 4.78 is 0.975. The van der Waals surface area contributed by atoms with Gasteiger partial charge in [-0.2, -0.15) is 0 Å². The predicted octanol–water partition coefficient (Wildman–Crippen LogP) is 3.38. The summed E-state index contributed by atoms with van der Waals surface area (Å²) in [5, 5.41) is 0. The second-order valence-electron chi connectivity index (χ2n) is 3.50. The van der Waals surface area contributed by atoms with Crippen LogP contribution in [-0.2, 0) is 0 Å². The molecule has 0 radical (unpaired) electrons. The number of hydrogen-bond acceptors (Lipinski definition) is 2. The molecule has 0 aliphatic rings. The molecule has 80 valence electrons. The van der Waals surface area contributed by atoms with Crippen molar-refractivity contribution in [2.45, 2.75) is 6.92 Å². The minimum atomic E-state index is -0.0365. The Morgan fingerprint density at radius 3 is 2.69 bits per heavy atom. The lowest BCUT2D eigenvalue weighted by Crippen LogP contribution is -2.05. The topological polar surface area (TPSA) is 30.0 Å². The van der Waals surface area contributed by atoms with E-state index in [4.69, 9.17) is 0 Å². The molecule has 2 aromatic rings. The first-order valence-corrected chi connectivity index (χ1v) is 5.69. The molecule has 1 aromatic carbocycles. The number of halogens is 1. The van der Waals surface area contributed by atoms with Crippen molar-refractivity contribution < 1.29 is 4.79 Å². The van der Waals surface area contributed by atoms with Crippen LogP contribution in [0, 0.1) is 6.92 Å². The normalized spacial score (nSPS) is 10.1. The van der Waals surface area contributed by atoms with Gasteiger partial charge in [0.1, 0.15) is 5.69 Å². The fourth-order valence-electron chi connectivity index (χ4n) is 1.52. The molecule has 0 N–H and O–H groups in total. The number of pyridine rings is 1. The molecule has 1 aromatic heterocycles. The van der Waals surface area contributed by atoms with Gasteiger partial charge < -0.3 is 0 Å². The maximum atomic E-state index is 12.1. The van der Waals surface area contributed by atoms with Crippen molar-refractivity contribution >= 4 is 21.7 Å². The van der Waals surface area contributed by atoms with E-state index >= 15 is 0 Å². The highest BCUT2D eigenvalue weighted by Crippen LogP contribution is 2.18. The van der Waals surface area contributed by atoms with Crippen molar-refractivity contribution in [2.24, 2.45) is 0 Å². The van der Waals surface area contributed by atoms with Crippen LogP contribution in [-0.4, -0.2) is 10.8 Å². The van der Waals surface area contributed by atoms with E-state index in [-0.39, 0.29) is 5.78 Å². The van der Waals surface area contributed by atoms with Crippen LogP contribution in [0.15, 0.2) is 47.1 Å². The monoisotopic (exact) mass is 275 g/mol. The third-order valence-electron chi connectivity index (χ3n) is 2.33. The Morgan fingerprint density at radius 2 is 2.06 bits per heavy atom. The Labute approximate surface area is 102 Å². The van der Waals surface area contributed by atoms with Crippen LogP contribution in [0.25, 0.3) is 0 Å². The summed E-state index contributed by atoms with van der Waals surface area (Å²) in [6.07, 6.45) is 1.63. The van der Waals surface area contributed by atoms with Crippen LogP contribution in [0.2, 0.25) is 0 Å². The van der Waals surface area contributed by atoms with E-state index in [9.17, 15) is 4.79 Å². The van der Waals surface area contributed by atoms with Crippen LogP contribution >= 0.6 is 15.9 Å². The molecule has 0 spiro atoms. The lowest BCUT2D eigenvalue weighted by atomic mass is 10.0. The van der Waals surface area contributed by atoms with Crippen molar-refractivity contribution in [1.29, 1.82) is 0 Å².